The summed E-state index contributed by atoms with van der Waals surface area (Å²) in [7, 11) is 1.81. The summed E-state index contributed by atoms with van der Waals surface area (Å²) in [5, 5.41) is 6.24. The van der Waals surface area contributed by atoms with Crippen LogP contribution in [0.15, 0.2) is 33.7 Å². The molecule has 1 aliphatic heterocycles. The van der Waals surface area contributed by atoms with Crippen LogP contribution in [0.1, 0.15) is 30.1 Å². The summed E-state index contributed by atoms with van der Waals surface area (Å²) in [6.07, 6.45) is 2.42. The third-order valence-corrected chi connectivity index (χ3v) is 4.62. The second-order valence-corrected chi connectivity index (χ2v) is 6.82. The lowest BCUT2D eigenvalue weighted by Gasteiger charge is -2.32. The van der Waals surface area contributed by atoms with Crippen molar-refractivity contribution in [3.05, 3.63) is 34.3 Å². The minimum atomic E-state index is -0.0546. The number of hydrogen-bond donors (Lipinski definition) is 2. The molecule has 0 spiro atoms. The molecule has 2 rings (SSSR count). The fourth-order valence-electron chi connectivity index (χ4n) is 2.61. The normalized spacial score (nSPS) is 16.3. The number of carbonyl (C=O) groups excluding carboxylic acids is 1. The van der Waals surface area contributed by atoms with E-state index in [1.165, 1.54) is 12.8 Å². The third-order valence-electron chi connectivity index (χ3n) is 4.10. The van der Waals surface area contributed by atoms with Gasteiger partial charge in [0.1, 0.15) is 0 Å². The lowest BCUT2D eigenvalue weighted by atomic mass is 10.00. The van der Waals surface area contributed by atoms with Crippen LogP contribution in [0.4, 0.5) is 0 Å². The highest BCUT2D eigenvalue weighted by Gasteiger charge is 2.18. The van der Waals surface area contributed by atoms with Crippen LogP contribution in [0.2, 0.25) is 0 Å². The average molecular weight is 381 g/mol. The SMILES string of the molecule is CN=C(NCCNC(=O)c1ccc(Br)cc1)N1CCC(C)CC1. The van der Waals surface area contributed by atoms with Crippen molar-refractivity contribution >= 4 is 27.8 Å². The van der Waals surface area contributed by atoms with Crippen LogP contribution in [0.5, 0.6) is 0 Å². The molecule has 0 saturated carbocycles. The van der Waals surface area contributed by atoms with Gasteiger partial charge >= 0.3 is 0 Å². The van der Waals surface area contributed by atoms with Crippen molar-refractivity contribution in [2.24, 2.45) is 10.9 Å². The van der Waals surface area contributed by atoms with E-state index in [4.69, 9.17) is 0 Å². The Labute approximate surface area is 146 Å². The van der Waals surface area contributed by atoms with Gasteiger partial charge in [-0.15, -0.1) is 0 Å². The molecule has 1 saturated heterocycles. The highest BCUT2D eigenvalue weighted by atomic mass is 79.9. The number of likely N-dealkylation sites (tertiary alicyclic amines) is 1. The number of benzene rings is 1. The molecule has 23 heavy (non-hydrogen) atoms. The van der Waals surface area contributed by atoms with Crippen LogP contribution in [-0.4, -0.2) is 50.0 Å². The van der Waals surface area contributed by atoms with Gasteiger partial charge in [0.25, 0.3) is 5.91 Å². The highest BCUT2D eigenvalue weighted by molar-refractivity contribution is 9.10. The van der Waals surface area contributed by atoms with E-state index in [1.807, 2.05) is 12.1 Å². The second-order valence-electron chi connectivity index (χ2n) is 5.91. The standard InChI is InChI=1S/C17H25BrN4O/c1-13-7-11-22(12-8-13)17(19-2)21-10-9-20-16(23)14-3-5-15(18)6-4-14/h3-6,13H,7-12H2,1-2H3,(H,19,21)(H,20,23). The van der Waals surface area contributed by atoms with Crippen molar-refractivity contribution < 1.29 is 4.79 Å². The molecule has 0 radical (unpaired) electrons. The van der Waals surface area contributed by atoms with Crippen LogP contribution >= 0.6 is 15.9 Å². The van der Waals surface area contributed by atoms with Gasteiger partial charge in [0, 0.05) is 43.3 Å². The van der Waals surface area contributed by atoms with Gasteiger partial charge in [-0.25, -0.2) is 0 Å². The minimum Gasteiger partial charge on any atom is -0.354 e. The Bertz CT molecular complexity index is 536. The zero-order valence-electron chi connectivity index (χ0n) is 13.8. The molecule has 6 heteroatoms. The van der Waals surface area contributed by atoms with E-state index in [1.54, 1.807) is 19.2 Å². The summed E-state index contributed by atoms with van der Waals surface area (Å²) in [4.78, 5) is 18.6. The Morgan fingerprint density at radius 2 is 1.83 bits per heavy atom. The van der Waals surface area contributed by atoms with Crippen molar-refractivity contribution in [1.29, 1.82) is 0 Å². The van der Waals surface area contributed by atoms with Crippen molar-refractivity contribution in [1.82, 2.24) is 15.5 Å². The Morgan fingerprint density at radius 1 is 1.22 bits per heavy atom. The monoisotopic (exact) mass is 380 g/mol. The van der Waals surface area contributed by atoms with Crippen LogP contribution in [0.3, 0.4) is 0 Å². The number of piperidine rings is 1. The van der Waals surface area contributed by atoms with E-state index in [0.717, 1.165) is 29.4 Å². The quantitative estimate of drug-likeness (QED) is 0.479. The van der Waals surface area contributed by atoms with Crippen LogP contribution in [0.25, 0.3) is 0 Å². The molecule has 0 aliphatic carbocycles. The summed E-state index contributed by atoms with van der Waals surface area (Å²) >= 11 is 3.36. The fraction of sp³-hybridized carbons (Fsp3) is 0.529. The van der Waals surface area contributed by atoms with Gasteiger partial charge < -0.3 is 15.5 Å². The van der Waals surface area contributed by atoms with Crippen LogP contribution in [0, 0.1) is 5.92 Å². The number of aliphatic imine (C=N–C) groups is 1. The highest BCUT2D eigenvalue weighted by Crippen LogP contribution is 2.15. The van der Waals surface area contributed by atoms with Gasteiger partial charge in [-0.1, -0.05) is 22.9 Å². The molecule has 1 aromatic rings. The van der Waals surface area contributed by atoms with Crippen molar-refractivity contribution in [3.63, 3.8) is 0 Å². The first-order chi connectivity index (χ1) is 11.1. The maximum Gasteiger partial charge on any atom is 0.251 e. The molecule has 1 amide bonds. The van der Waals surface area contributed by atoms with Crippen molar-refractivity contribution in [2.45, 2.75) is 19.8 Å². The fourth-order valence-corrected chi connectivity index (χ4v) is 2.87. The Kier molecular flexibility index (Phi) is 6.89. The van der Waals surface area contributed by atoms with E-state index >= 15 is 0 Å². The molecule has 2 N–H and O–H groups in total. The number of nitrogens with zero attached hydrogens (tertiary/aromatic N) is 2. The number of nitrogens with one attached hydrogen (secondary N) is 2. The van der Waals surface area contributed by atoms with E-state index in [0.29, 0.717) is 18.7 Å². The zero-order chi connectivity index (χ0) is 16.7. The molecule has 1 aliphatic rings. The van der Waals surface area contributed by atoms with E-state index < -0.39 is 0 Å². The molecule has 0 aromatic heterocycles. The zero-order valence-corrected chi connectivity index (χ0v) is 15.4. The molecule has 1 heterocycles. The number of halogens is 1. The van der Waals surface area contributed by atoms with Gasteiger partial charge in [-0.3, -0.25) is 9.79 Å². The molecular formula is C17H25BrN4O. The first-order valence-electron chi connectivity index (χ1n) is 8.09. The van der Waals surface area contributed by atoms with Gasteiger partial charge in [0.05, 0.1) is 0 Å². The topological polar surface area (TPSA) is 56.7 Å². The lowest BCUT2D eigenvalue weighted by Crippen LogP contribution is -2.47. The van der Waals surface area contributed by atoms with Crippen LogP contribution < -0.4 is 10.6 Å². The smallest absolute Gasteiger partial charge is 0.251 e. The average Bonchev–Trinajstić information content (AvgIpc) is 2.56. The first kappa shape index (κ1) is 17.8. The minimum absolute atomic E-state index is 0.0546. The Morgan fingerprint density at radius 3 is 2.43 bits per heavy atom. The van der Waals surface area contributed by atoms with Gasteiger partial charge in [0.15, 0.2) is 5.96 Å². The Hall–Kier alpha value is -1.56. The molecule has 0 bridgehead atoms. The van der Waals surface area contributed by atoms with E-state index in [-0.39, 0.29) is 5.91 Å². The maximum absolute atomic E-state index is 12.0. The van der Waals surface area contributed by atoms with Gasteiger partial charge in [0.2, 0.25) is 0 Å². The summed E-state index contributed by atoms with van der Waals surface area (Å²) in [5.74, 6) is 1.67. The van der Waals surface area contributed by atoms with Crippen molar-refractivity contribution in [2.75, 3.05) is 33.2 Å². The molecule has 0 atom stereocenters. The summed E-state index contributed by atoms with van der Waals surface area (Å²) in [6, 6.07) is 7.35. The first-order valence-corrected chi connectivity index (χ1v) is 8.89. The van der Waals surface area contributed by atoms with Crippen LogP contribution in [-0.2, 0) is 0 Å². The molecule has 126 valence electrons. The maximum atomic E-state index is 12.0. The lowest BCUT2D eigenvalue weighted by molar-refractivity contribution is 0.0954. The number of guanidine groups is 1. The van der Waals surface area contributed by atoms with E-state index in [2.05, 4.69) is 43.4 Å². The van der Waals surface area contributed by atoms with Gasteiger partial charge in [-0.2, -0.15) is 0 Å². The summed E-state index contributed by atoms with van der Waals surface area (Å²) in [6.45, 7) is 5.63. The Balaban J connectivity index is 1.71. The number of rotatable bonds is 4. The summed E-state index contributed by atoms with van der Waals surface area (Å²) < 4.78 is 0.968. The molecule has 1 fully saturated rings. The molecule has 5 nitrogen and oxygen atoms in total. The number of carbonyl (C=O) groups is 1. The molecular weight excluding hydrogens is 356 g/mol. The number of hydrogen-bond acceptors (Lipinski definition) is 2. The van der Waals surface area contributed by atoms with E-state index in [9.17, 15) is 4.79 Å². The largest absolute Gasteiger partial charge is 0.354 e. The predicted molar refractivity (Wildman–Crippen MR) is 97.8 cm³/mol. The van der Waals surface area contributed by atoms with Crippen molar-refractivity contribution in [3.8, 4) is 0 Å². The summed E-state index contributed by atoms with van der Waals surface area (Å²) in [5.41, 5.74) is 0.669. The molecule has 0 unspecified atom stereocenters. The second kappa shape index (κ2) is 8.91. The predicted octanol–water partition coefficient (Wildman–Crippen LogP) is 2.49. The number of amides is 1. The molecule has 1 aromatic carbocycles. The third kappa shape index (κ3) is 5.53. The van der Waals surface area contributed by atoms with Gasteiger partial charge in [-0.05, 0) is 43.0 Å².